The fourth-order valence-corrected chi connectivity index (χ4v) is 3.21. The number of hydrogen-bond acceptors (Lipinski definition) is 2. The van der Waals surface area contributed by atoms with Crippen molar-refractivity contribution in [1.29, 1.82) is 0 Å². The second-order valence-electron chi connectivity index (χ2n) is 6.11. The number of benzene rings is 1. The van der Waals surface area contributed by atoms with Crippen LogP contribution in [0.25, 0.3) is 0 Å². The molecule has 1 aromatic rings. The molecular formula is C16H22FNO2. The molecule has 0 aliphatic heterocycles. The van der Waals surface area contributed by atoms with E-state index in [9.17, 15) is 9.18 Å². The van der Waals surface area contributed by atoms with Crippen molar-refractivity contribution in [2.45, 2.75) is 45.7 Å². The molecule has 2 rings (SSSR count). The van der Waals surface area contributed by atoms with Crippen LogP contribution in [-0.2, 0) is 6.54 Å². The van der Waals surface area contributed by atoms with Crippen molar-refractivity contribution in [3.8, 4) is 0 Å². The monoisotopic (exact) mass is 279 g/mol. The summed E-state index contributed by atoms with van der Waals surface area (Å²) in [6, 6.07) is 4.33. The van der Waals surface area contributed by atoms with Gasteiger partial charge in [0, 0.05) is 18.2 Å². The fraction of sp³-hybridized carbons (Fsp3) is 0.562. The van der Waals surface area contributed by atoms with E-state index in [0.29, 0.717) is 30.0 Å². The van der Waals surface area contributed by atoms with Crippen molar-refractivity contribution >= 4 is 5.97 Å². The van der Waals surface area contributed by atoms with E-state index in [1.807, 2.05) is 0 Å². The highest BCUT2D eigenvalue weighted by atomic mass is 19.1. The Balaban J connectivity index is 1.99. The molecule has 3 nitrogen and oxygen atoms in total. The summed E-state index contributed by atoms with van der Waals surface area (Å²) in [5, 5.41) is 12.3. The number of carboxylic acids is 1. The molecular weight excluding hydrogens is 257 g/mol. The summed E-state index contributed by atoms with van der Waals surface area (Å²) in [6.45, 7) is 4.88. The smallest absolute Gasteiger partial charge is 0.335 e. The zero-order valence-corrected chi connectivity index (χ0v) is 12.0. The maximum Gasteiger partial charge on any atom is 0.335 e. The third kappa shape index (κ3) is 3.79. The first-order valence-corrected chi connectivity index (χ1v) is 7.20. The molecule has 0 amide bonds. The Bertz CT molecular complexity index is 479. The number of halogens is 1. The van der Waals surface area contributed by atoms with Crippen LogP contribution in [0.15, 0.2) is 18.2 Å². The van der Waals surface area contributed by atoms with Crippen LogP contribution < -0.4 is 5.32 Å². The number of carboxylic acid groups (broad SMARTS) is 1. The summed E-state index contributed by atoms with van der Waals surface area (Å²) in [5.41, 5.74) is 0.560. The van der Waals surface area contributed by atoms with Gasteiger partial charge in [-0.05, 0) is 49.3 Å². The average molecular weight is 279 g/mol. The summed E-state index contributed by atoms with van der Waals surface area (Å²) in [6.07, 6.45) is 3.45. The van der Waals surface area contributed by atoms with Crippen LogP contribution in [0.2, 0.25) is 0 Å². The minimum atomic E-state index is -1.02. The van der Waals surface area contributed by atoms with Gasteiger partial charge in [-0.3, -0.25) is 0 Å². The number of rotatable bonds is 4. The third-order valence-corrected chi connectivity index (χ3v) is 4.05. The van der Waals surface area contributed by atoms with Crippen molar-refractivity contribution < 1.29 is 14.3 Å². The molecule has 1 saturated carbocycles. The minimum Gasteiger partial charge on any atom is -0.478 e. The molecule has 1 aromatic carbocycles. The Morgan fingerprint density at radius 1 is 1.30 bits per heavy atom. The van der Waals surface area contributed by atoms with E-state index in [4.69, 9.17) is 5.11 Å². The third-order valence-electron chi connectivity index (χ3n) is 4.05. The van der Waals surface area contributed by atoms with Crippen molar-refractivity contribution in [3.05, 3.63) is 35.1 Å². The van der Waals surface area contributed by atoms with Gasteiger partial charge in [0.05, 0.1) is 5.56 Å². The van der Waals surface area contributed by atoms with Gasteiger partial charge in [0.2, 0.25) is 0 Å². The largest absolute Gasteiger partial charge is 0.478 e. The molecule has 110 valence electrons. The molecule has 0 saturated heterocycles. The molecule has 0 bridgehead atoms. The SMILES string of the molecule is CC1CC(C)CC(NCc2cc(C(=O)O)ccc2F)C1. The van der Waals surface area contributed by atoms with Crippen LogP contribution >= 0.6 is 0 Å². The number of hydrogen-bond donors (Lipinski definition) is 2. The maximum atomic E-state index is 13.7. The number of nitrogens with one attached hydrogen (secondary N) is 1. The molecule has 2 atom stereocenters. The molecule has 1 fully saturated rings. The highest BCUT2D eigenvalue weighted by Crippen LogP contribution is 2.28. The molecule has 1 aliphatic rings. The predicted molar refractivity (Wildman–Crippen MR) is 76.2 cm³/mol. The molecule has 20 heavy (non-hydrogen) atoms. The topological polar surface area (TPSA) is 49.3 Å². The van der Waals surface area contributed by atoms with E-state index in [1.165, 1.54) is 24.6 Å². The molecule has 0 heterocycles. The average Bonchev–Trinajstić information content (AvgIpc) is 2.36. The zero-order valence-electron chi connectivity index (χ0n) is 12.0. The van der Waals surface area contributed by atoms with Crippen LogP contribution in [0.4, 0.5) is 4.39 Å². The number of carbonyl (C=O) groups is 1. The van der Waals surface area contributed by atoms with Gasteiger partial charge in [0.15, 0.2) is 0 Å². The molecule has 0 spiro atoms. The number of aromatic carboxylic acids is 1. The van der Waals surface area contributed by atoms with Gasteiger partial charge >= 0.3 is 5.97 Å². The van der Waals surface area contributed by atoms with Gasteiger partial charge in [-0.25, -0.2) is 9.18 Å². The van der Waals surface area contributed by atoms with Crippen LogP contribution in [0.5, 0.6) is 0 Å². The minimum absolute atomic E-state index is 0.133. The summed E-state index contributed by atoms with van der Waals surface area (Å²) >= 11 is 0. The van der Waals surface area contributed by atoms with E-state index in [-0.39, 0.29) is 11.4 Å². The van der Waals surface area contributed by atoms with Crippen LogP contribution in [-0.4, -0.2) is 17.1 Å². The lowest BCUT2D eigenvalue weighted by atomic mass is 9.80. The highest BCUT2D eigenvalue weighted by Gasteiger charge is 2.23. The Morgan fingerprint density at radius 3 is 2.55 bits per heavy atom. The van der Waals surface area contributed by atoms with E-state index < -0.39 is 5.97 Å². The highest BCUT2D eigenvalue weighted by molar-refractivity contribution is 5.87. The van der Waals surface area contributed by atoms with Crippen LogP contribution in [0.3, 0.4) is 0 Å². The molecule has 4 heteroatoms. The predicted octanol–water partition coefficient (Wildman–Crippen LogP) is 3.44. The fourth-order valence-electron chi connectivity index (χ4n) is 3.21. The summed E-state index contributed by atoms with van der Waals surface area (Å²) in [5.74, 6) is 0.00321. The summed E-state index contributed by atoms with van der Waals surface area (Å²) in [4.78, 5) is 10.9. The van der Waals surface area contributed by atoms with Crippen molar-refractivity contribution in [2.75, 3.05) is 0 Å². The van der Waals surface area contributed by atoms with Crippen molar-refractivity contribution in [1.82, 2.24) is 5.32 Å². The summed E-state index contributed by atoms with van der Waals surface area (Å²) < 4.78 is 13.7. The van der Waals surface area contributed by atoms with Gasteiger partial charge in [-0.2, -0.15) is 0 Å². The first kappa shape index (κ1) is 15.0. The van der Waals surface area contributed by atoms with Gasteiger partial charge in [0.1, 0.15) is 5.82 Å². The standard InChI is InChI=1S/C16H22FNO2/c1-10-5-11(2)7-14(6-10)18-9-13-8-12(16(19)20)3-4-15(13)17/h3-4,8,10-11,14,18H,5-7,9H2,1-2H3,(H,19,20). The molecule has 2 N–H and O–H groups in total. The lowest BCUT2D eigenvalue weighted by molar-refractivity contribution is 0.0696. The molecule has 0 radical (unpaired) electrons. The van der Waals surface area contributed by atoms with E-state index >= 15 is 0 Å². The molecule has 2 unspecified atom stereocenters. The second-order valence-corrected chi connectivity index (χ2v) is 6.11. The van der Waals surface area contributed by atoms with Crippen molar-refractivity contribution in [3.63, 3.8) is 0 Å². The lowest BCUT2D eigenvalue weighted by Gasteiger charge is -2.32. The second kappa shape index (κ2) is 6.35. The molecule has 1 aliphatic carbocycles. The molecule has 0 aromatic heterocycles. The Morgan fingerprint density at radius 2 is 1.95 bits per heavy atom. The lowest BCUT2D eigenvalue weighted by Crippen LogP contribution is -2.36. The van der Waals surface area contributed by atoms with Gasteiger partial charge in [-0.15, -0.1) is 0 Å². The first-order valence-electron chi connectivity index (χ1n) is 7.20. The summed E-state index contributed by atoms with van der Waals surface area (Å²) in [7, 11) is 0. The van der Waals surface area contributed by atoms with Gasteiger partial charge in [-0.1, -0.05) is 13.8 Å². The Labute approximate surface area is 119 Å². The maximum absolute atomic E-state index is 13.7. The first-order chi connectivity index (χ1) is 9.45. The quantitative estimate of drug-likeness (QED) is 0.887. The van der Waals surface area contributed by atoms with Crippen LogP contribution in [0.1, 0.15) is 49.0 Å². The Hall–Kier alpha value is -1.42. The van der Waals surface area contributed by atoms with Crippen LogP contribution in [0, 0.1) is 17.7 Å². The van der Waals surface area contributed by atoms with Gasteiger partial charge < -0.3 is 10.4 Å². The van der Waals surface area contributed by atoms with E-state index in [1.54, 1.807) is 0 Å². The Kier molecular flexibility index (Phi) is 4.76. The van der Waals surface area contributed by atoms with Gasteiger partial charge in [0.25, 0.3) is 0 Å². The zero-order chi connectivity index (χ0) is 14.7. The van der Waals surface area contributed by atoms with Crippen molar-refractivity contribution in [2.24, 2.45) is 11.8 Å². The van der Waals surface area contributed by atoms with E-state index in [2.05, 4.69) is 19.2 Å². The van der Waals surface area contributed by atoms with E-state index in [0.717, 1.165) is 12.8 Å². The normalized spacial score (nSPS) is 26.4.